The van der Waals surface area contributed by atoms with Crippen LogP contribution in [0.4, 0.5) is 0 Å². The zero-order valence-electron chi connectivity index (χ0n) is 11.9. The van der Waals surface area contributed by atoms with Crippen molar-refractivity contribution in [2.75, 3.05) is 0 Å². The normalized spacial score (nSPS) is 26.4. The second kappa shape index (κ2) is 6.07. The van der Waals surface area contributed by atoms with Crippen LogP contribution in [0, 0.1) is 11.3 Å². The van der Waals surface area contributed by atoms with Gasteiger partial charge in [-0.2, -0.15) is 0 Å². The molecule has 1 atom stereocenters. The van der Waals surface area contributed by atoms with E-state index in [2.05, 4.69) is 19.9 Å². The molecule has 0 aromatic heterocycles. The summed E-state index contributed by atoms with van der Waals surface area (Å²) in [6.45, 7) is 4.95. The molecular formula is C17H30. The highest BCUT2D eigenvalue weighted by Gasteiger charge is 2.37. The van der Waals surface area contributed by atoms with Crippen molar-refractivity contribution in [3.05, 3.63) is 11.6 Å². The van der Waals surface area contributed by atoms with Crippen molar-refractivity contribution in [2.24, 2.45) is 11.3 Å². The zero-order valence-corrected chi connectivity index (χ0v) is 11.9. The molecule has 1 saturated carbocycles. The summed E-state index contributed by atoms with van der Waals surface area (Å²) in [5.74, 6) is 0.987. The van der Waals surface area contributed by atoms with Crippen molar-refractivity contribution >= 4 is 0 Å². The summed E-state index contributed by atoms with van der Waals surface area (Å²) in [6.07, 6.45) is 18.4. The van der Waals surface area contributed by atoms with Crippen LogP contribution in [0.1, 0.15) is 84.5 Å². The maximum absolute atomic E-state index is 2.60. The van der Waals surface area contributed by atoms with E-state index in [1.165, 1.54) is 70.6 Å². The van der Waals surface area contributed by atoms with Gasteiger partial charge in [-0.05, 0) is 56.3 Å². The minimum atomic E-state index is 0.551. The smallest absolute Gasteiger partial charge is 0.00883 e. The van der Waals surface area contributed by atoms with Crippen molar-refractivity contribution in [3.63, 3.8) is 0 Å². The average molecular weight is 234 g/mol. The molecule has 1 unspecified atom stereocenters. The quantitative estimate of drug-likeness (QED) is 0.533. The first kappa shape index (κ1) is 13.2. The largest absolute Gasteiger partial charge is 0.0848 e. The third-order valence-electron chi connectivity index (χ3n) is 5.30. The third kappa shape index (κ3) is 2.95. The van der Waals surface area contributed by atoms with Gasteiger partial charge in [0.25, 0.3) is 0 Å². The summed E-state index contributed by atoms with van der Waals surface area (Å²) in [5, 5.41) is 0. The highest BCUT2D eigenvalue weighted by atomic mass is 14.4. The minimum absolute atomic E-state index is 0.551. The Kier molecular flexibility index (Phi) is 4.70. The molecular weight excluding hydrogens is 204 g/mol. The van der Waals surface area contributed by atoms with Crippen molar-refractivity contribution in [1.82, 2.24) is 0 Å². The Bertz CT molecular complexity index is 257. The second-order valence-electron chi connectivity index (χ2n) is 6.48. The molecule has 0 aromatic rings. The predicted octanol–water partition coefficient (Wildman–Crippen LogP) is 5.87. The fourth-order valence-electron chi connectivity index (χ4n) is 4.24. The van der Waals surface area contributed by atoms with E-state index in [-0.39, 0.29) is 0 Å². The maximum Gasteiger partial charge on any atom is -0.00883 e. The van der Waals surface area contributed by atoms with Crippen LogP contribution in [0.15, 0.2) is 11.6 Å². The number of allylic oxidation sites excluding steroid dienone is 2. The maximum atomic E-state index is 2.60. The molecule has 1 fully saturated rings. The first-order valence-electron chi connectivity index (χ1n) is 7.97. The molecule has 0 N–H and O–H groups in total. The van der Waals surface area contributed by atoms with Crippen LogP contribution in [0.3, 0.4) is 0 Å². The van der Waals surface area contributed by atoms with Crippen molar-refractivity contribution in [1.29, 1.82) is 0 Å². The second-order valence-corrected chi connectivity index (χ2v) is 6.48. The Morgan fingerprint density at radius 2 is 1.88 bits per heavy atom. The Balaban J connectivity index is 2.14. The number of rotatable bonds is 4. The summed E-state index contributed by atoms with van der Waals surface area (Å²) in [4.78, 5) is 0. The molecule has 98 valence electrons. The van der Waals surface area contributed by atoms with Crippen LogP contribution in [0.5, 0.6) is 0 Å². The highest BCUT2D eigenvalue weighted by molar-refractivity contribution is 5.17. The first-order chi connectivity index (χ1) is 8.27. The molecule has 2 aliphatic rings. The fraction of sp³-hybridized carbons (Fsp3) is 0.882. The Hall–Kier alpha value is -0.260. The van der Waals surface area contributed by atoms with Crippen LogP contribution in [0.2, 0.25) is 0 Å². The number of hydrogen-bond acceptors (Lipinski definition) is 0. The molecule has 0 saturated heterocycles. The topological polar surface area (TPSA) is 0 Å². The van der Waals surface area contributed by atoms with Gasteiger partial charge >= 0.3 is 0 Å². The number of hydrogen-bond donors (Lipinski definition) is 0. The van der Waals surface area contributed by atoms with Crippen LogP contribution in [-0.2, 0) is 0 Å². The summed E-state index contributed by atoms with van der Waals surface area (Å²) in [5.41, 5.74) is 2.38. The monoisotopic (exact) mass is 234 g/mol. The fourth-order valence-corrected chi connectivity index (χ4v) is 4.24. The van der Waals surface area contributed by atoms with Crippen molar-refractivity contribution in [3.8, 4) is 0 Å². The molecule has 0 aromatic carbocycles. The summed E-state index contributed by atoms with van der Waals surface area (Å²) >= 11 is 0. The molecule has 0 aliphatic heterocycles. The summed E-state index contributed by atoms with van der Waals surface area (Å²) in [6, 6.07) is 0. The molecule has 2 rings (SSSR count). The van der Waals surface area contributed by atoms with Gasteiger partial charge in [0.05, 0.1) is 0 Å². The van der Waals surface area contributed by atoms with E-state index in [1.807, 2.05) is 5.57 Å². The van der Waals surface area contributed by atoms with Gasteiger partial charge in [-0.15, -0.1) is 0 Å². The predicted molar refractivity (Wildman–Crippen MR) is 76.1 cm³/mol. The van der Waals surface area contributed by atoms with Crippen LogP contribution < -0.4 is 0 Å². The van der Waals surface area contributed by atoms with Gasteiger partial charge in [0.15, 0.2) is 0 Å². The molecule has 0 radical (unpaired) electrons. The summed E-state index contributed by atoms with van der Waals surface area (Å²) < 4.78 is 0. The van der Waals surface area contributed by atoms with Crippen LogP contribution in [0.25, 0.3) is 0 Å². The Labute approximate surface area is 108 Å². The minimum Gasteiger partial charge on any atom is -0.0848 e. The van der Waals surface area contributed by atoms with Gasteiger partial charge in [0.2, 0.25) is 0 Å². The SMILES string of the molecule is CCCC(C)(C1=CCCCC1)C1CCCCC1. The van der Waals surface area contributed by atoms with Gasteiger partial charge < -0.3 is 0 Å². The molecule has 0 spiro atoms. The average Bonchev–Trinajstić information content (AvgIpc) is 2.41. The third-order valence-corrected chi connectivity index (χ3v) is 5.30. The standard InChI is InChI=1S/C17H30/c1-3-14-17(2,15-10-6-4-7-11-15)16-12-8-5-9-13-16/h10,16H,3-9,11-14H2,1-2H3. The molecule has 0 heteroatoms. The van der Waals surface area contributed by atoms with E-state index < -0.39 is 0 Å². The van der Waals surface area contributed by atoms with E-state index in [4.69, 9.17) is 0 Å². The lowest BCUT2D eigenvalue weighted by Gasteiger charge is -2.43. The van der Waals surface area contributed by atoms with Gasteiger partial charge in [0, 0.05) is 0 Å². The summed E-state index contributed by atoms with van der Waals surface area (Å²) in [7, 11) is 0. The molecule has 2 aliphatic carbocycles. The van der Waals surface area contributed by atoms with E-state index in [9.17, 15) is 0 Å². The van der Waals surface area contributed by atoms with E-state index >= 15 is 0 Å². The van der Waals surface area contributed by atoms with Crippen molar-refractivity contribution < 1.29 is 0 Å². The zero-order chi connectivity index (χ0) is 12.1. The first-order valence-corrected chi connectivity index (χ1v) is 7.97. The van der Waals surface area contributed by atoms with Gasteiger partial charge in [-0.1, -0.05) is 51.2 Å². The molecule has 0 bridgehead atoms. The Morgan fingerprint density at radius 3 is 2.47 bits per heavy atom. The lowest BCUT2D eigenvalue weighted by molar-refractivity contribution is 0.156. The van der Waals surface area contributed by atoms with Crippen LogP contribution >= 0.6 is 0 Å². The molecule has 0 heterocycles. The lowest BCUT2D eigenvalue weighted by Crippen LogP contribution is -2.32. The van der Waals surface area contributed by atoms with Crippen LogP contribution in [-0.4, -0.2) is 0 Å². The van der Waals surface area contributed by atoms with E-state index in [0.29, 0.717) is 5.41 Å². The molecule has 0 nitrogen and oxygen atoms in total. The van der Waals surface area contributed by atoms with Gasteiger partial charge in [0.1, 0.15) is 0 Å². The van der Waals surface area contributed by atoms with Gasteiger partial charge in [-0.25, -0.2) is 0 Å². The molecule has 17 heavy (non-hydrogen) atoms. The Morgan fingerprint density at radius 1 is 1.12 bits per heavy atom. The van der Waals surface area contributed by atoms with E-state index in [1.54, 1.807) is 0 Å². The van der Waals surface area contributed by atoms with Crippen molar-refractivity contribution in [2.45, 2.75) is 84.5 Å². The highest BCUT2D eigenvalue weighted by Crippen LogP contribution is 2.49. The van der Waals surface area contributed by atoms with E-state index in [0.717, 1.165) is 5.92 Å². The molecule has 0 amide bonds. The lowest BCUT2D eigenvalue weighted by atomic mass is 9.62. The van der Waals surface area contributed by atoms with Gasteiger partial charge in [-0.3, -0.25) is 0 Å².